The molecular formula is C21H31N4O3S+. The van der Waals surface area contributed by atoms with E-state index in [0.29, 0.717) is 12.2 Å². The Labute approximate surface area is 174 Å². The van der Waals surface area contributed by atoms with Crippen molar-refractivity contribution < 1.29 is 18.1 Å². The van der Waals surface area contributed by atoms with Gasteiger partial charge in [0.2, 0.25) is 10.0 Å². The number of nitrogens with zero attached hydrogens (tertiary/aromatic N) is 2. The molecule has 0 saturated carbocycles. The fraction of sp³-hybridized carbons (Fsp3) is 0.381. The van der Waals surface area contributed by atoms with Gasteiger partial charge < -0.3 is 15.1 Å². The average Bonchev–Trinajstić information content (AvgIpc) is 2.67. The second kappa shape index (κ2) is 9.39. The van der Waals surface area contributed by atoms with E-state index in [9.17, 15) is 13.2 Å². The maximum Gasteiger partial charge on any atom is 0.282 e. The van der Waals surface area contributed by atoms with E-state index in [1.54, 1.807) is 12.1 Å². The third-order valence-corrected chi connectivity index (χ3v) is 6.76. The molecule has 0 fully saturated rings. The number of sulfonamides is 1. The number of carbonyl (C=O) groups excluding carboxylic acids is 1. The Balaban J connectivity index is 2.05. The molecule has 0 spiro atoms. The number of benzene rings is 2. The number of amides is 1. The summed E-state index contributed by atoms with van der Waals surface area (Å²) in [7, 11) is 5.37. The van der Waals surface area contributed by atoms with Crippen molar-refractivity contribution in [1.82, 2.24) is 4.31 Å². The van der Waals surface area contributed by atoms with Gasteiger partial charge in [-0.15, -0.1) is 0 Å². The predicted octanol–water partition coefficient (Wildman–Crippen LogP) is 1.04. The lowest BCUT2D eigenvalue weighted by molar-refractivity contribution is -0.907. The van der Waals surface area contributed by atoms with Crippen LogP contribution in [0.25, 0.3) is 0 Å². The third kappa shape index (κ3) is 5.79. The summed E-state index contributed by atoms with van der Waals surface area (Å²) < 4.78 is 25.7. The van der Waals surface area contributed by atoms with Crippen LogP contribution in [0, 0.1) is 0 Å². The first kappa shape index (κ1) is 22.9. The molecule has 158 valence electrons. The van der Waals surface area contributed by atoms with E-state index in [0.717, 1.165) is 20.5 Å². The van der Waals surface area contributed by atoms with Gasteiger partial charge in [-0.1, -0.05) is 18.2 Å². The Morgan fingerprint density at radius 1 is 1.07 bits per heavy atom. The lowest BCUT2D eigenvalue weighted by atomic mass is 10.1. The fourth-order valence-electron chi connectivity index (χ4n) is 2.81. The Morgan fingerprint density at radius 3 is 2.24 bits per heavy atom. The van der Waals surface area contributed by atoms with Crippen LogP contribution in [0.5, 0.6) is 0 Å². The average molecular weight is 420 g/mol. The Morgan fingerprint density at radius 2 is 1.69 bits per heavy atom. The normalized spacial score (nSPS) is 13.8. The fourth-order valence-corrected chi connectivity index (χ4v) is 3.75. The zero-order chi connectivity index (χ0) is 21.8. The topological polar surface area (TPSA) is 74.2 Å². The molecule has 2 atom stereocenters. The molecule has 0 aromatic heterocycles. The highest BCUT2D eigenvalue weighted by molar-refractivity contribution is 7.89. The van der Waals surface area contributed by atoms with Crippen molar-refractivity contribution in [3.63, 3.8) is 0 Å². The number of hydrogen-bond donors (Lipinski definition) is 2. The van der Waals surface area contributed by atoms with Crippen LogP contribution in [0.1, 0.15) is 12.5 Å². The van der Waals surface area contributed by atoms with Crippen LogP contribution >= 0.6 is 0 Å². The molecule has 2 aromatic rings. The lowest BCUT2D eigenvalue weighted by Crippen LogP contribution is -3.12. The van der Waals surface area contributed by atoms with Crippen molar-refractivity contribution in [3.05, 3.63) is 54.1 Å². The van der Waals surface area contributed by atoms with Crippen molar-refractivity contribution >= 4 is 27.3 Å². The molecule has 0 bridgehead atoms. The molecule has 0 heterocycles. The van der Waals surface area contributed by atoms with Gasteiger partial charge in [-0.25, -0.2) is 12.7 Å². The van der Waals surface area contributed by atoms with Crippen molar-refractivity contribution in [2.75, 3.05) is 45.5 Å². The quantitative estimate of drug-likeness (QED) is 0.671. The molecule has 0 aliphatic carbocycles. The zero-order valence-corrected chi connectivity index (χ0v) is 18.7. The second-order valence-electron chi connectivity index (χ2n) is 7.61. The van der Waals surface area contributed by atoms with E-state index < -0.39 is 10.0 Å². The summed E-state index contributed by atoms with van der Waals surface area (Å²) in [5.41, 5.74) is 2.74. The van der Waals surface area contributed by atoms with Gasteiger partial charge in [0.05, 0.1) is 11.9 Å². The molecule has 29 heavy (non-hydrogen) atoms. The van der Waals surface area contributed by atoms with Crippen molar-refractivity contribution in [2.45, 2.75) is 24.4 Å². The van der Waals surface area contributed by atoms with Gasteiger partial charge in [0.25, 0.3) is 5.91 Å². The number of rotatable bonds is 8. The van der Waals surface area contributed by atoms with Gasteiger partial charge >= 0.3 is 0 Å². The second-order valence-corrected chi connectivity index (χ2v) is 9.76. The first-order chi connectivity index (χ1) is 13.5. The molecule has 1 unspecified atom stereocenters. The number of nitrogens with one attached hydrogen (secondary N) is 2. The van der Waals surface area contributed by atoms with Crippen molar-refractivity contribution in [1.29, 1.82) is 0 Å². The minimum atomic E-state index is -3.55. The maximum absolute atomic E-state index is 12.7. The van der Waals surface area contributed by atoms with E-state index >= 15 is 0 Å². The van der Waals surface area contributed by atoms with E-state index in [-0.39, 0.29) is 16.8 Å². The van der Waals surface area contributed by atoms with Crippen LogP contribution in [-0.4, -0.2) is 59.9 Å². The van der Waals surface area contributed by atoms with E-state index in [2.05, 4.69) is 29.6 Å². The van der Waals surface area contributed by atoms with Crippen LogP contribution < -0.4 is 15.1 Å². The SMILES string of the molecule is C[C@H](C(=O)Nc1cccc(S(=O)(=O)N(C)C)c1)[NH+](C)Cc1ccc(N(C)C)cc1. The smallest absolute Gasteiger partial charge is 0.282 e. The van der Waals surface area contributed by atoms with E-state index in [4.69, 9.17) is 0 Å². The number of likely N-dealkylation sites (N-methyl/N-ethyl adjacent to an activating group) is 1. The number of quaternary nitrogens is 1. The summed E-state index contributed by atoms with van der Waals surface area (Å²) in [6.07, 6.45) is 0. The maximum atomic E-state index is 12.7. The van der Waals surface area contributed by atoms with Gasteiger partial charge in [0.15, 0.2) is 6.04 Å². The summed E-state index contributed by atoms with van der Waals surface area (Å²) in [5.74, 6) is -0.160. The number of carbonyl (C=O) groups is 1. The highest BCUT2D eigenvalue weighted by Gasteiger charge is 2.23. The summed E-state index contributed by atoms with van der Waals surface area (Å²) in [5, 5.41) is 2.83. The molecule has 2 N–H and O–H groups in total. The highest BCUT2D eigenvalue weighted by atomic mass is 32.2. The van der Waals surface area contributed by atoms with Crippen LogP contribution in [0.2, 0.25) is 0 Å². The van der Waals surface area contributed by atoms with Crippen molar-refractivity contribution in [2.24, 2.45) is 0 Å². The van der Waals surface area contributed by atoms with Gasteiger partial charge in [-0.2, -0.15) is 0 Å². The molecule has 7 nitrogen and oxygen atoms in total. The van der Waals surface area contributed by atoms with Gasteiger partial charge in [0.1, 0.15) is 6.54 Å². The minimum Gasteiger partial charge on any atom is -0.378 e. The predicted molar refractivity (Wildman–Crippen MR) is 117 cm³/mol. The molecule has 2 aromatic carbocycles. The van der Waals surface area contributed by atoms with Crippen LogP contribution in [0.4, 0.5) is 11.4 Å². The molecule has 8 heteroatoms. The van der Waals surface area contributed by atoms with Gasteiger partial charge in [0, 0.05) is 45.1 Å². The van der Waals surface area contributed by atoms with Crippen LogP contribution in [0.15, 0.2) is 53.4 Å². The molecule has 2 rings (SSSR count). The van der Waals surface area contributed by atoms with Crippen LogP contribution in [0.3, 0.4) is 0 Å². The Kier molecular flexibility index (Phi) is 7.40. The van der Waals surface area contributed by atoms with E-state index in [1.165, 1.54) is 26.2 Å². The molecule has 0 aliphatic rings. The summed E-state index contributed by atoms with van der Waals surface area (Å²) >= 11 is 0. The Hall–Kier alpha value is -2.42. The van der Waals surface area contributed by atoms with E-state index in [1.807, 2.05) is 33.0 Å². The first-order valence-corrected chi connectivity index (χ1v) is 10.9. The summed E-state index contributed by atoms with van der Waals surface area (Å²) in [4.78, 5) is 15.9. The standard InChI is InChI=1S/C21H30N4O3S/c1-16(25(6)15-17-10-12-19(13-11-17)23(2)3)21(26)22-18-8-7-9-20(14-18)29(27,28)24(4)5/h7-14,16H,15H2,1-6H3,(H,22,26)/p+1/t16-/m1/s1. The summed E-state index contributed by atoms with van der Waals surface area (Å²) in [6.45, 7) is 2.57. The molecule has 0 aliphatic heterocycles. The lowest BCUT2D eigenvalue weighted by Gasteiger charge is -2.22. The molecule has 0 saturated heterocycles. The first-order valence-electron chi connectivity index (χ1n) is 9.44. The summed E-state index contributed by atoms with van der Waals surface area (Å²) in [6, 6.07) is 14.3. The van der Waals surface area contributed by atoms with Gasteiger partial charge in [-0.3, -0.25) is 4.79 Å². The molecular weight excluding hydrogens is 388 g/mol. The van der Waals surface area contributed by atoms with Crippen molar-refractivity contribution in [3.8, 4) is 0 Å². The van der Waals surface area contributed by atoms with Gasteiger partial charge in [-0.05, 0) is 37.3 Å². The largest absolute Gasteiger partial charge is 0.378 e. The molecule has 1 amide bonds. The van der Waals surface area contributed by atoms with Crippen LogP contribution in [-0.2, 0) is 21.4 Å². The number of hydrogen-bond acceptors (Lipinski definition) is 4. The number of anilines is 2. The minimum absolute atomic E-state index is 0.148. The monoisotopic (exact) mass is 419 g/mol. The highest BCUT2D eigenvalue weighted by Crippen LogP contribution is 2.18. The zero-order valence-electron chi connectivity index (χ0n) is 17.9. The molecule has 0 radical (unpaired) electrons. The Bertz CT molecular complexity index is 941. The third-order valence-electron chi connectivity index (χ3n) is 4.95.